The Labute approximate surface area is 174 Å². The van der Waals surface area contributed by atoms with E-state index in [2.05, 4.69) is 16.7 Å². The van der Waals surface area contributed by atoms with Crippen LogP contribution in [0.15, 0.2) is 89.8 Å². The molecule has 5 heteroatoms. The van der Waals surface area contributed by atoms with Crippen LogP contribution in [0.25, 0.3) is 6.08 Å². The van der Waals surface area contributed by atoms with Gasteiger partial charge in [-0.2, -0.15) is 0 Å². The van der Waals surface area contributed by atoms with Gasteiger partial charge in [0, 0.05) is 28.6 Å². The maximum Gasteiger partial charge on any atom is 0.338 e. The van der Waals surface area contributed by atoms with Crippen molar-refractivity contribution in [3.8, 4) is 0 Å². The zero-order valence-corrected chi connectivity index (χ0v) is 16.2. The molecule has 0 spiro atoms. The van der Waals surface area contributed by atoms with Gasteiger partial charge in [-0.1, -0.05) is 42.5 Å². The molecular weight excluding hydrogens is 376 g/mol. The lowest BCUT2D eigenvalue weighted by Gasteiger charge is -2.20. The lowest BCUT2D eigenvalue weighted by Crippen LogP contribution is -2.16. The molecule has 148 valence electrons. The first kappa shape index (κ1) is 18.2. The summed E-state index contributed by atoms with van der Waals surface area (Å²) in [5.74, 6) is -0.311. The van der Waals surface area contributed by atoms with Crippen molar-refractivity contribution in [3.63, 3.8) is 0 Å². The summed E-state index contributed by atoms with van der Waals surface area (Å²) in [6, 6.07) is 14.8. The molecule has 2 aromatic rings. The van der Waals surface area contributed by atoms with Crippen LogP contribution in [0.2, 0.25) is 0 Å². The first-order valence-corrected chi connectivity index (χ1v) is 9.91. The highest BCUT2D eigenvalue weighted by molar-refractivity contribution is 6.01. The summed E-state index contributed by atoms with van der Waals surface area (Å²) in [4.78, 5) is 24.7. The fourth-order valence-electron chi connectivity index (χ4n) is 3.98. The Balaban J connectivity index is 1.33. The third kappa shape index (κ3) is 3.35. The average Bonchev–Trinajstić information content (AvgIpc) is 3.13. The quantitative estimate of drug-likeness (QED) is 0.599. The number of rotatable bonds is 3. The zero-order valence-electron chi connectivity index (χ0n) is 16.2. The van der Waals surface area contributed by atoms with E-state index in [-0.39, 0.29) is 24.4 Å². The Morgan fingerprint density at radius 2 is 1.93 bits per heavy atom. The molecule has 2 heterocycles. The smallest absolute Gasteiger partial charge is 0.338 e. The second-order valence-corrected chi connectivity index (χ2v) is 7.44. The number of allylic oxidation sites excluding steroid dienone is 5. The highest BCUT2D eigenvalue weighted by Crippen LogP contribution is 2.36. The summed E-state index contributed by atoms with van der Waals surface area (Å²) in [6.45, 7) is 0.202. The summed E-state index contributed by atoms with van der Waals surface area (Å²) < 4.78 is 5.42. The molecule has 0 radical (unpaired) electrons. The number of benzene rings is 2. The van der Waals surface area contributed by atoms with Crippen LogP contribution in [0.5, 0.6) is 0 Å². The van der Waals surface area contributed by atoms with E-state index >= 15 is 0 Å². The van der Waals surface area contributed by atoms with E-state index in [4.69, 9.17) is 4.74 Å². The van der Waals surface area contributed by atoms with E-state index in [1.54, 1.807) is 12.1 Å². The summed E-state index contributed by atoms with van der Waals surface area (Å²) in [5.41, 5.74) is 5.91. The van der Waals surface area contributed by atoms with Crippen LogP contribution in [0, 0.1) is 5.92 Å². The van der Waals surface area contributed by atoms with Crippen molar-refractivity contribution in [1.82, 2.24) is 5.32 Å². The summed E-state index contributed by atoms with van der Waals surface area (Å²) >= 11 is 0. The monoisotopic (exact) mass is 396 g/mol. The van der Waals surface area contributed by atoms with Crippen LogP contribution >= 0.6 is 0 Å². The molecule has 0 saturated carbocycles. The van der Waals surface area contributed by atoms with Crippen molar-refractivity contribution in [2.24, 2.45) is 5.92 Å². The van der Waals surface area contributed by atoms with Crippen molar-refractivity contribution < 1.29 is 14.3 Å². The largest absolute Gasteiger partial charge is 0.457 e. The highest BCUT2D eigenvalue weighted by Gasteiger charge is 2.35. The molecule has 3 aliphatic rings. The van der Waals surface area contributed by atoms with Gasteiger partial charge >= 0.3 is 5.97 Å². The minimum atomic E-state index is -0.341. The van der Waals surface area contributed by atoms with Gasteiger partial charge in [-0.3, -0.25) is 4.79 Å². The first-order chi connectivity index (χ1) is 14.7. The van der Waals surface area contributed by atoms with Crippen LogP contribution < -0.4 is 10.6 Å². The van der Waals surface area contributed by atoms with E-state index in [1.807, 2.05) is 60.7 Å². The molecule has 5 rings (SSSR count). The van der Waals surface area contributed by atoms with Gasteiger partial charge in [-0.15, -0.1) is 0 Å². The summed E-state index contributed by atoms with van der Waals surface area (Å²) in [6.07, 6.45) is 10.8. The second kappa shape index (κ2) is 7.52. The Morgan fingerprint density at radius 1 is 1.07 bits per heavy atom. The first-order valence-electron chi connectivity index (χ1n) is 9.91. The molecule has 30 heavy (non-hydrogen) atoms. The number of hydrogen-bond acceptors (Lipinski definition) is 4. The molecule has 2 N–H and O–H groups in total. The van der Waals surface area contributed by atoms with Gasteiger partial charge in [0.25, 0.3) is 5.91 Å². The number of amides is 1. The van der Waals surface area contributed by atoms with Crippen LogP contribution in [0.4, 0.5) is 5.69 Å². The summed E-state index contributed by atoms with van der Waals surface area (Å²) in [5, 5.41) is 6.36. The standard InChI is InChI=1S/C25H20N2O3/c28-24-23(19-8-4-5-9-21(19)27-24)22-13-11-18-14-16(10-12-20(18)26-22)15-30-25(29)17-6-2-1-3-7-17/h1-7,9-14,19,26H,8,15H2,(H,27,28). The minimum Gasteiger partial charge on any atom is -0.457 e. The van der Waals surface area contributed by atoms with E-state index in [0.29, 0.717) is 5.56 Å². The highest BCUT2D eigenvalue weighted by atomic mass is 16.5. The van der Waals surface area contributed by atoms with Crippen molar-refractivity contribution >= 4 is 23.6 Å². The van der Waals surface area contributed by atoms with Crippen LogP contribution in [-0.4, -0.2) is 11.9 Å². The zero-order chi connectivity index (χ0) is 20.5. The van der Waals surface area contributed by atoms with Crippen LogP contribution in [0.3, 0.4) is 0 Å². The van der Waals surface area contributed by atoms with Crippen molar-refractivity contribution in [1.29, 1.82) is 0 Å². The fourth-order valence-corrected chi connectivity index (χ4v) is 3.98. The van der Waals surface area contributed by atoms with Crippen molar-refractivity contribution in [2.45, 2.75) is 13.0 Å². The Hall–Kier alpha value is -3.86. The topological polar surface area (TPSA) is 67.4 Å². The Bertz CT molecular complexity index is 1160. The predicted octanol–water partition coefficient (Wildman–Crippen LogP) is 4.33. The Kier molecular flexibility index (Phi) is 4.56. The number of ether oxygens (including phenoxy) is 1. The van der Waals surface area contributed by atoms with Crippen molar-refractivity contribution in [3.05, 3.63) is 106 Å². The third-order valence-corrected chi connectivity index (χ3v) is 5.49. The van der Waals surface area contributed by atoms with E-state index in [0.717, 1.165) is 40.2 Å². The molecule has 1 atom stereocenters. The Morgan fingerprint density at radius 3 is 2.80 bits per heavy atom. The number of fused-ring (bicyclic) bond motifs is 2. The number of anilines is 1. The number of carbonyl (C=O) groups excluding carboxylic acids is 2. The lowest BCUT2D eigenvalue weighted by atomic mass is 9.90. The number of esters is 1. The average molecular weight is 396 g/mol. The van der Waals surface area contributed by atoms with Crippen molar-refractivity contribution in [2.75, 3.05) is 5.32 Å². The van der Waals surface area contributed by atoms with Crippen LogP contribution in [0.1, 0.15) is 27.9 Å². The number of nitrogens with one attached hydrogen (secondary N) is 2. The van der Waals surface area contributed by atoms with Gasteiger partial charge in [-0.25, -0.2) is 4.79 Å². The molecular formula is C25H20N2O3. The van der Waals surface area contributed by atoms with E-state index in [9.17, 15) is 9.59 Å². The number of hydrogen-bond donors (Lipinski definition) is 2. The fraction of sp³-hybridized carbons (Fsp3) is 0.120. The van der Waals surface area contributed by atoms with Gasteiger partial charge in [0.05, 0.1) is 5.56 Å². The molecule has 5 nitrogen and oxygen atoms in total. The molecule has 1 unspecified atom stereocenters. The SMILES string of the molecule is O=C1NC2=CC=CCC2C1=C1C=Cc2cc(COC(=O)c3ccccc3)ccc2N1. The normalized spacial score (nSPS) is 21.3. The summed E-state index contributed by atoms with van der Waals surface area (Å²) in [7, 11) is 0. The maximum absolute atomic E-state index is 12.5. The molecule has 1 amide bonds. The van der Waals surface area contributed by atoms with Gasteiger partial charge in [0.15, 0.2) is 0 Å². The molecule has 1 fully saturated rings. The van der Waals surface area contributed by atoms with Gasteiger partial charge in [-0.05, 0) is 54.0 Å². The molecule has 2 aromatic carbocycles. The molecule has 1 saturated heterocycles. The third-order valence-electron chi connectivity index (χ3n) is 5.49. The molecule has 2 aliphatic heterocycles. The van der Waals surface area contributed by atoms with Gasteiger partial charge in [0.1, 0.15) is 6.61 Å². The van der Waals surface area contributed by atoms with Crippen LogP contribution in [-0.2, 0) is 16.1 Å². The van der Waals surface area contributed by atoms with Gasteiger partial charge in [0.2, 0.25) is 0 Å². The second-order valence-electron chi connectivity index (χ2n) is 7.44. The molecule has 0 aromatic heterocycles. The predicted molar refractivity (Wildman–Crippen MR) is 115 cm³/mol. The van der Waals surface area contributed by atoms with Gasteiger partial charge < -0.3 is 15.4 Å². The number of carbonyl (C=O) groups is 2. The van der Waals surface area contributed by atoms with E-state index < -0.39 is 0 Å². The minimum absolute atomic E-state index is 0.0463. The molecule has 1 aliphatic carbocycles. The van der Waals surface area contributed by atoms with E-state index in [1.165, 1.54) is 0 Å². The molecule has 0 bridgehead atoms. The maximum atomic E-state index is 12.5. The lowest BCUT2D eigenvalue weighted by molar-refractivity contribution is -0.116.